The maximum atomic E-state index is 6.46. The Balaban J connectivity index is 2.12. The van der Waals surface area contributed by atoms with Gasteiger partial charge in [-0.15, -0.1) is 0 Å². The Hall–Kier alpha value is -1.71. The van der Waals surface area contributed by atoms with Gasteiger partial charge < -0.3 is 5.73 Å². The minimum absolute atomic E-state index is 0.141. The molecule has 0 fully saturated rings. The summed E-state index contributed by atoms with van der Waals surface area (Å²) in [5.41, 5.74) is 9.90. The Morgan fingerprint density at radius 2 is 2.00 bits per heavy atom. The molecule has 20 heavy (non-hydrogen) atoms. The van der Waals surface area contributed by atoms with Crippen LogP contribution < -0.4 is 5.73 Å². The molecule has 100 valence electrons. The summed E-state index contributed by atoms with van der Waals surface area (Å²) in [5, 5.41) is 2.28. The minimum Gasteiger partial charge on any atom is -0.320 e. The SMILES string of the molecule is Cc1ccc(C(N)c2cccc3cnccc23)cc1Br. The molecule has 0 bridgehead atoms. The number of nitrogens with zero attached hydrogens (tertiary/aromatic N) is 1. The molecule has 1 atom stereocenters. The molecule has 2 aromatic carbocycles. The molecule has 3 rings (SSSR count). The van der Waals surface area contributed by atoms with E-state index < -0.39 is 0 Å². The number of nitrogens with two attached hydrogens (primary N) is 1. The lowest BCUT2D eigenvalue weighted by atomic mass is 9.95. The average molecular weight is 327 g/mol. The van der Waals surface area contributed by atoms with Crippen molar-refractivity contribution in [1.82, 2.24) is 4.98 Å². The van der Waals surface area contributed by atoms with E-state index in [1.807, 2.05) is 24.5 Å². The normalized spacial score (nSPS) is 12.6. The van der Waals surface area contributed by atoms with Gasteiger partial charge in [0.2, 0.25) is 0 Å². The number of halogens is 1. The number of hydrogen-bond acceptors (Lipinski definition) is 2. The van der Waals surface area contributed by atoms with Crippen molar-refractivity contribution < 1.29 is 0 Å². The topological polar surface area (TPSA) is 38.9 Å². The second-order valence-corrected chi connectivity index (χ2v) is 5.78. The van der Waals surface area contributed by atoms with E-state index in [4.69, 9.17) is 5.73 Å². The maximum absolute atomic E-state index is 6.46. The van der Waals surface area contributed by atoms with Crippen LogP contribution in [0.5, 0.6) is 0 Å². The van der Waals surface area contributed by atoms with E-state index in [2.05, 4.69) is 58.2 Å². The third-order valence-electron chi connectivity index (χ3n) is 3.60. The summed E-state index contributed by atoms with van der Waals surface area (Å²) in [4.78, 5) is 4.16. The quantitative estimate of drug-likeness (QED) is 0.760. The fraction of sp³-hybridized carbons (Fsp3) is 0.118. The monoisotopic (exact) mass is 326 g/mol. The molecule has 0 aliphatic rings. The van der Waals surface area contributed by atoms with Crippen molar-refractivity contribution in [2.75, 3.05) is 0 Å². The molecule has 1 heterocycles. The molecule has 0 amide bonds. The van der Waals surface area contributed by atoms with Gasteiger partial charge in [-0.25, -0.2) is 0 Å². The zero-order chi connectivity index (χ0) is 14.1. The van der Waals surface area contributed by atoms with Crippen LogP contribution in [0.3, 0.4) is 0 Å². The number of aromatic nitrogens is 1. The predicted molar refractivity (Wildman–Crippen MR) is 86.7 cm³/mol. The summed E-state index contributed by atoms with van der Waals surface area (Å²) in [6, 6.07) is 14.3. The maximum Gasteiger partial charge on any atom is 0.0558 e. The van der Waals surface area contributed by atoms with Crippen LogP contribution in [0, 0.1) is 6.92 Å². The Kier molecular flexibility index (Phi) is 3.55. The molecule has 0 saturated heterocycles. The molecule has 1 aromatic heterocycles. The number of benzene rings is 2. The van der Waals surface area contributed by atoms with Crippen molar-refractivity contribution in [3.05, 3.63) is 76.0 Å². The average Bonchev–Trinajstić information content (AvgIpc) is 2.49. The highest BCUT2D eigenvalue weighted by atomic mass is 79.9. The van der Waals surface area contributed by atoms with E-state index in [0.717, 1.165) is 26.4 Å². The van der Waals surface area contributed by atoms with Crippen LogP contribution >= 0.6 is 15.9 Å². The molecule has 3 heteroatoms. The minimum atomic E-state index is -0.141. The summed E-state index contributed by atoms with van der Waals surface area (Å²) >= 11 is 3.57. The van der Waals surface area contributed by atoms with Gasteiger partial charge in [-0.1, -0.05) is 46.3 Å². The predicted octanol–water partition coefficient (Wildman–Crippen LogP) is 4.35. The van der Waals surface area contributed by atoms with Crippen molar-refractivity contribution in [1.29, 1.82) is 0 Å². The highest BCUT2D eigenvalue weighted by molar-refractivity contribution is 9.10. The van der Waals surface area contributed by atoms with Crippen LogP contribution in [0.4, 0.5) is 0 Å². The largest absolute Gasteiger partial charge is 0.320 e. The third kappa shape index (κ3) is 2.35. The van der Waals surface area contributed by atoms with Gasteiger partial charge in [0.25, 0.3) is 0 Å². The molecular weight excluding hydrogens is 312 g/mol. The second-order valence-electron chi connectivity index (χ2n) is 4.93. The van der Waals surface area contributed by atoms with E-state index in [1.165, 1.54) is 5.56 Å². The molecule has 0 radical (unpaired) electrons. The molecule has 1 unspecified atom stereocenters. The van der Waals surface area contributed by atoms with Crippen LogP contribution in [0.2, 0.25) is 0 Å². The second kappa shape index (κ2) is 5.35. The highest BCUT2D eigenvalue weighted by Gasteiger charge is 2.12. The van der Waals surface area contributed by atoms with Gasteiger partial charge in [0.15, 0.2) is 0 Å². The molecule has 3 aromatic rings. The summed E-state index contributed by atoms with van der Waals surface area (Å²) in [5.74, 6) is 0. The van der Waals surface area contributed by atoms with Crippen LogP contribution in [0.25, 0.3) is 10.8 Å². The molecular formula is C17H15BrN2. The van der Waals surface area contributed by atoms with Crippen LogP contribution in [0.15, 0.2) is 59.3 Å². The fourth-order valence-electron chi connectivity index (χ4n) is 2.40. The van der Waals surface area contributed by atoms with E-state index in [-0.39, 0.29) is 6.04 Å². The zero-order valence-corrected chi connectivity index (χ0v) is 12.8. The van der Waals surface area contributed by atoms with Gasteiger partial charge in [-0.3, -0.25) is 4.98 Å². The molecule has 0 aliphatic carbocycles. The Bertz CT molecular complexity index is 763. The van der Waals surface area contributed by atoms with Gasteiger partial charge in [0.1, 0.15) is 0 Å². The number of fused-ring (bicyclic) bond motifs is 1. The van der Waals surface area contributed by atoms with E-state index in [0.29, 0.717) is 0 Å². The molecule has 0 aliphatic heterocycles. The Morgan fingerprint density at radius 3 is 2.80 bits per heavy atom. The number of aryl methyl sites for hydroxylation is 1. The number of hydrogen-bond donors (Lipinski definition) is 1. The fourth-order valence-corrected chi connectivity index (χ4v) is 2.80. The smallest absolute Gasteiger partial charge is 0.0558 e. The number of pyridine rings is 1. The molecule has 0 saturated carbocycles. The first kappa shape index (κ1) is 13.3. The van der Waals surface area contributed by atoms with Gasteiger partial charge in [-0.2, -0.15) is 0 Å². The van der Waals surface area contributed by atoms with E-state index in [1.54, 1.807) is 0 Å². The third-order valence-corrected chi connectivity index (χ3v) is 4.46. The molecule has 2 N–H and O–H groups in total. The van der Waals surface area contributed by atoms with Crippen molar-refractivity contribution >= 4 is 26.7 Å². The van der Waals surface area contributed by atoms with Gasteiger partial charge >= 0.3 is 0 Å². The lowest BCUT2D eigenvalue weighted by Gasteiger charge is -2.16. The van der Waals surface area contributed by atoms with Gasteiger partial charge in [0.05, 0.1) is 6.04 Å². The first-order valence-corrected chi connectivity index (χ1v) is 7.30. The van der Waals surface area contributed by atoms with Crippen molar-refractivity contribution in [2.45, 2.75) is 13.0 Å². The highest BCUT2D eigenvalue weighted by Crippen LogP contribution is 2.29. The Morgan fingerprint density at radius 1 is 1.15 bits per heavy atom. The van der Waals surface area contributed by atoms with E-state index >= 15 is 0 Å². The summed E-state index contributed by atoms with van der Waals surface area (Å²) < 4.78 is 1.09. The first-order valence-electron chi connectivity index (χ1n) is 6.51. The van der Waals surface area contributed by atoms with Crippen LogP contribution in [-0.2, 0) is 0 Å². The first-order chi connectivity index (χ1) is 9.66. The van der Waals surface area contributed by atoms with Crippen LogP contribution in [0.1, 0.15) is 22.7 Å². The summed E-state index contributed by atoms with van der Waals surface area (Å²) in [6.07, 6.45) is 3.68. The summed E-state index contributed by atoms with van der Waals surface area (Å²) in [6.45, 7) is 2.07. The Labute approximate surface area is 126 Å². The van der Waals surface area contributed by atoms with Gasteiger partial charge in [-0.05, 0) is 41.1 Å². The lowest BCUT2D eigenvalue weighted by molar-refractivity contribution is 0.878. The lowest BCUT2D eigenvalue weighted by Crippen LogP contribution is -2.12. The standard InChI is InChI=1S/C17H15BrN2/c1-11-5-6-12(9-16(11)18)17(19)15-4-2-3-13-10-20-8-7-14(13)15/h2-10,17H,19H2,1H3. The van der Waals surface area contributed by atoms with Crippen molar-refractivity contribution in [2.24, 2.45) is 5.73 Å². The number of rotatable bonds is 2. The molecule has 0 spiro atoms. The van der Waals surface area contributed by atoms with Crippen LogP contribution in [-0.4, -0.2) is 4.98 Å². The zero-order valence-electron chi connectivity index (χ0n) is 11.2. The molecule has 2 nitrogen and oxygen atoms in total. The van der Waals surface area contributed by atoms with Gasteiger partial charge in [0, 0.05) is 22.3 Å². The van der Waals surface area contributed by atoms with Crippen molar-refractivity contribution in [3.8, 4) is 0 Å². The summed E-state index contributed by atoms with van der Waals surface area (Å²) in [7, 11) is 0. The van der Waals surface area contributed by atoms with E-state index in [9.17, 15) is 0 Å². The van der Waals surface area contributed by atoms with Crippen molar-refractivity contribution in [3.63, 3.8) is 0 Å².